The van der Waals surface area contributed by atoms with Crippen LogP contribution < -0.4 is 4.74 Å². The molecule has 1 aromatic rings. The van der Waals surface area contributed by atoms with Crippen LogP contribution in [0.25, 0.3) is 0 Å². The topological polar surface area (TPSA) is 26.3 Å². The third-order valence-electron chi connectivity index (χ3n) is 7.59. The van der Waals surface area contributed by atoms with Crippen molar-refractivity contribution in [2.75, 3.05) is 0 Å². The average molecular weight is 421 g/mol. The van der Waals surface area contributed by atoms with E-state index in [4.69, 9.17) is 4.74 Å². The number of hydrogen-bond donors (Lipinski definition) is 0. The molecule has 0 aromatic heterocycles. The summed E-state index contributed by atoms with van der Waals surface area (Å²) >= 11 is 3.63. The van der Waals surface area contributed by atoms with Gasteiger partial charge in [-0.25, -0.2) is 0 Å². The molecular weight excluding hydrogens is 388 g/mol. The first-order chi connectivity index (χ1) is 11.8. The summed E-state index contributed by atoms with van der Waals surface area (Å²) in [6, 6.07) is 2.12. The maximum absolute atomic E-state index is 12.2. The molecule has 0 amide bonds. The number of hydrogen-bond acceptors (Lipinski definition) is 2. The van der Waals surface area contributed by atoms with Gasteiger partial charge in [-0.05, 0) is 63.0 Å². The van der Waals surface area contributed by atoms with Crippen molar-refractivity contribution in [3.8, 4) is 5.75 Å². The Kier molecular flexibility index (Phi) is 4.66. The number of rotatable bonds is 1. The van der Waals surface area contributed by atoms with E-state index < -0.39 is 0 Å². The van der Waals surface area contributed by atoms with Gasteiger partial charge in [-0.2, -0.15) is 0 Å². The fourth-order valence-corrected chi connectivity index (χ4v) is 6.69. The van der Waals surface area contributed by atoms with Gasteiger partial charge in [-0.15, -0.1) is 0 Å². The standard InChI is InChI=1S/C23H33BrO2/c1-13-9-10-18(21(4,5)6)23(8)22(13,7)12-16-11-17(24)19(15(3)25)14(2)20(16)26-23/h11,13,18H,9-10,12H2,1-8H3. The molecule has 1 heterocycles. The third kappa shape index (κ3) is 2.68. The number of halogens is 1. The Labute approximate surface area is 167 Å². The fraction of sp³-hybridized carbons (Fsp3) is 0.696. The molecule has 1 fully saturated rings. The summed E-state index contributed by atoms with van der Waals surface area (Å²) in [6.45, 7) is 17.8. The average Bonchev–Trinajstić information content (AvgIpc) is 2.47. The summed E-state index contributed by atoms with van der Waals surface area (Å²) in [5.74, 6) is 2.12. The second kappa shape index (κ2) is 6.09. The highest BCUT2D eigenvalue weighted by Crippen LogP contribution is 2.61. The second-order valence-corrected chi connectivity index (χ2v) is 11.0. The molecule has 1 aliphatic carbocycles. The zero-order valence-corrected chi connectivity index (χ0v) is 19.1. The lowest BCUT2D eigenvalue weighted by molar-refractivity contribution is -0.176. The van der Waals surface area contributed by atoms with Crippen LogP contribution in [0.2, 0.25) is 0 Å². The summed E-state index contributed by atoms with van der Waals surface area (Å²) in [7, 11) is 0. The van der Waals surface area contributed by atoms with E-state index in [1.807, 2.05) is 6.92 Å². The molecule has 0 N–H and O–H groups in total. The first-order valence-electron chi connectivity index (χ1n) is 9.85. The van der Waals surface area contributed by atoms with Crippen LogP contribution in [0.4, 0.5) is 0 Å². The zero-order chi connectivity index (χ0) is 19.7. The van der Waals surface area contributed by atoms with Gasteiger partial charge in [0.15, 0.2) is 5.78 Å². The monoisotopic (exact) mass is 420 g/mol. The number of ketones is 1. The van der Waals surface area contributed by atoms with Crippen LogP contribution in [0.5, 0.6) is 5.75 Å². The number of Topliss-reactive ketones (excluding diaryl/α,β-unsaturated/α-hetero) is 1. The SMILES string of the molecule is CC(=O)c1c(Br)cc2c(c1C)OC1(C)C(C(C)(C)C)CCC(C)C1(C)C2. The molecule has 1 saturated carbocycles. The minimum absolute atomic E-state index is 0.0832. The van der Waals surface area contributed by atoms with Gasteiger partial charge in [0.05, 0.1) is 0 Å². The van der Waals surface area contributed by atoms with Crippen molar-refractivity contribution < 1.29 is 9.53 Å². The minimum atomic E-state index is -0.234. The van der Waals surface area contributed by atoms with Crippen LogP contribution in [-0.4, -0.2) is 11.4 Å². The molecule has 1 aromatic carbocycles. The van der Waals surface area contributed by atoms with Gasteiger partial charge in [0.1, 0.15) is 11.4 Å². The normalized spacial score (nSPS) is 33.9. The summed E-state index contributed by atoms with van der Waals surface area (Å²) in [5, 5.41) is 0. The number of carbonyl (C=O) groups excluding carboxylic acids is 1. The van der Waals surface area contributed by atoms with Crippen molar-refractivity contribution in [2.24, 2.45) is 22.7 Å². The number of carbonyl (C=O) groups is 1. The van der Waals surface area contributed by atoms with E-state index in [2.05, 4.69) is 63.5 Å². The largest absolute Gasteiger partial charge is 0.486 e. The smallest absolute Gasteiger partial charge is 0.161 e. The molecule has 3 rings (SSSR count). The summed E-state index contributed by atoms with van der Waals surface area (Å²) in [6.07, 6.45) is 3.45. The van der Waals surface area contributed by atoms with Gasteiger partial charge in [-0.1, -0.05) is 50.5 Å². The molecule has 26 heavy (non-hydrogen) atoms. The van der Waals surface area contributed by atoms with Gasteiger partial charge in [0.25, 0.3) is 0 Å². The fourth-order valence-electron chi connectivity index (χ4n) is 5.83. The molecule has 0 bridgehead atoms. The number of benzene rings is 1. The van der Waals surface area contributed by atoms with E-state index in [-0.39, 0.29) is 22.2 Å². The Morgan fingerprint density at radius 1 is 1.27 bits per heavy atom. The van der Waals surface area contributed by atoms with E-state index in [1.165, 1.54) is 18.4 Å². The van der Waals surface area contributed by atoms with Crippen LogP contribution in [-0.2, 0) is 6.42 Å². The summed E-state index contributed by atoms with van der Waals surface area (Å²) in [5.41, 5.74) is 3.01. The van der Waals surface area contributed by atoms with Crippen LogP contribution in [0.1, 0.15) is 82.8 Å². The molecule has 3 heteroatoms. The van der Waals surface area contributed by atoms with Gasteiger partial charge in [-0.3, -0.25) is 4.79 Å². The summed E-state index contributed by atoms with van der Waals surface area (Å²) in [4.78, 5) is 12.2. The summed E-state index contributed by atoms with van der Waals surface area (Å²) < 4.78 is 7.84. The maximum Gasteiger partial charge on any atom is 0.161 e. The quantitative estimate of drug-likeness (QED) is 0.469. The molecule has 2 nitrogen and oxygen atoms in total. The van der Waals surface area contributed by atoms with Gasteiger partial charge < -0.3 is 4.74 Å². The molecule has 2 aliphatic rings. The van der Waals surface area contributed by atoms with Gasteiger partial charge in [0.2, 0.25) is 0 Å². The Hall–Kier alpha value is -0.830. The van der Waals surface area contributed by atoms with E-state index in [9.17, 15) is 4.79 Å². The van der Waals surface area contributed by atoms with Crippen molar-refractivity contribution in [1.82, 2.24) is 0 Å². The van der Waals surface area contributed by atoms with Crippen molar-refractivity contribution in [2.45, 2.75) is 80.3 Å². The molecular formula is C23H33BrO2. The highest BCUT2D eigenvalue weighted by Gasteiger charge is 2.61. The van der Waals surface area contributed by atoms with Gasteiger partial charge >= 0.3 is 0 Å². The Morgan fingerprint density at radius 3 is 2.42 bits per heavy atom. The van der Waals surface area contributed by atoms with E-state index in [0.717, 1.165) is 27.8 Å². The van der Waals surface area contributed by atoms with Crippen molar-refractivity contribution in [3.05, 3.63) is 27.2 Å². The first kappa shape index (κ1) is 19.9. The lowest BCUT2D eigenvalue weighted by Gasteiger charge is -2.62. The lowest BCUT2D eigenvalue weighted by atomic mass is 9.48. The Balaban J connectivity index is 2.23. The van der Waals surface area contributed by atoms with Crippen LogP contribution in [0.3, 0.4) is 0 Å². The van der Waals surface area contributed by atoms with E-state index in [1.54, 1.807) is 6.92 Å². The Bertz CT molecular complexity index is 760. The van der Waals surface area contributed by atoms with Crippen molar-refractivity contribution >= 4 is 21.7 Å². The highest BCUT2D eigenvalue weighted by molar-refractivity contribution is 9.10. The van der Waals surface area contributed by atoms with E-state index >= 15 is 0 Å². The van der Waals surface area contributed by atoms with Gasteiger partial charge in [0, 0.05) is 26.9 Å². The number of ether oxygens (including phenoxy) is 1. The van der Waals surface area contributed by atoms with Crippen molar-refractivity contribution in [3.63, 3.8) is 0 Å². The Morgan fingerprint density at radius 2 is 1.88 bits per heavy atom. The lowest BCUT2D eigenvalue weighted by Crippen LogP contribution is -2.65. The highest BCUT2D eigenvalue weighted by atomic mass is 79.9. The molecule has 144 valence electrons. The van der Waals surface area contributed by atoms with E-state index in [0.29, 0.717) is 11.8 Å². The second-order valence-electron chi connectivity index (χ2n) is 10.1. The minimum Gasteiger partial charge on any atom is -0.486 e. The first-order valence-corrected chi connectivity index (χ1v) is 10.6. The third-order valence-corrected chi connectivity index (χ3v) is 8.22. The number of fused-ring (bicyclic) bond motifs is 2. The molecule has 0 radical (unpaired) electrons. The maximum atomic E-state index is 12.2. The molecule has 0 spiro atoms. The predicted molar refractivity (Wildman–Crippen MR) is 111 cm³/mol. The van der Waals surface area contributed by atoms with Crippen molar-refractivity contribution in [1.29, 1.82) is 0 Å². The molecule has 1 aliphatic heterocycles. The molecule has 0 saturated heterocycles. The predicted octanol–water partition coefficient (Wildman–Crippen LogP) is 6.75. The zero-order valence-electron chi connectivity index (χ0n) is 17.5. The molecule has 4 atom stereocenters. The van der Waals surface area contributed by atoms with Crippen LogP contribution in [0, 0.1) is 29.6 Å². The molecule has 4 unspecified atom stereocenters. The van der Waals surface area contributed by atoms with Crippen LogP contribution in [0.15, 0.2) is 10.5 Å². The van der Waals surface area contributed by atoms with Crippen LogP contribution >= 0.6 is 15.9 Å².